The Hall–Kier alpha value is -0.830. The van der Waals surface area contributed by atoms with Crippen LogP contribution in [0.5, 0.6) is 0 Å². The Labute approximate surface area is 86.4 Å². The predicted molar refractivity (Wildman–Crippen MR) is 58.1 cm³/mol. The van der Waals surface area contributed by atoms with Crippen molar-refractivity contribution >= 4 is 5.91 Å². The van der Waals surface area contributed by atoms with Gasteiger partial charge in [0.05, 0.1) is 0 Å². The fourth-order valence-corrected chi connectivity index (χ4v) is 2.32. The van der Waals surface area contributed by atoms with E-state index < -0.39 is 0 Å². The molecule has 1 amide bonds. The number of nitrogens with zero attached hydrogens (tertiary/aromatic N) is 2. The second kappa shape index (κ2) is 4.60. The van der Waals surface area contributed by atoms with Crippen molar-refractivity contribution in [2.75, 3.05) is 20.6 Å². The summed E-state index contributed by atoms with van der Waals surface area (Å²) in [6.45, 7) is 6.54. The van der Waals surface area contributed by atoms with E-state index in [1.165, 1.54) is 6.08 Å². The van der Waals surface area contributed by atoms with E-state index in [1.807, 2.05) is 4.90 Å². The normalized spacial score (nSPS) is 27.0. The van der Waals surface area contributed by atoms with Gasteiger partial charge in [0.25, 0.3) is 0 Å². The van der Waals surface area contributed by atoms with Crippen LogP contribution in [-0.4, -0.2) is 48.4 Å². The lowest BCUT2D eigenvalue weighted by Gasteiger charge is -2.29. The number of carbonyl (C=O) groups is 1. The van der Waals surface area contributed by atoms with Gasteiger partial charge in [-0.15, -0.1) is 0 Å². The Morgan fingerprint density at radius 2 is 2.29 bits per heavy atom. The SMILES string of the molecule is C=CC(=O)N1CCC(N(C)C)C1CC. The first-order chi connectivity index (χ1) is 6.61. The largest absolute Gasteiger partial charge is 0.335 e. The average molecular weight is 196 g/mol. The summed E-state index contributed by atoms with van der Waals surface area (Å²) in [6, 6.07) is 0.861. The molecule has 0 spiro atoms. The third-order valence-corrected chi connectivity index (χ3v) is 3.05. The maximum atomic E-state index is 11.5. The first-order valence-corrected chi connectivity index (χ1v) is 5.21. The molecule has 2 unspecified atom stereocenters. The van der Waals surface area contributed by atoms with Crippen LogP contribution in [0.2, 0.25) is 0 Å². The zero-order valence-electron chi connectivity index (χ0n) is 9.36. The van der Waals surface area contributed by atoms with Crippen molar-refractivity contribution in [3.63, 3.8) is 0 Å². The Balaban J connectivity index is 2.73. The van der Waals surface area contributed by atoms with Gasteiger partial charge in [-0.2, -0.15) is 0 Å². The highest BCUT2D eigenvalue weighted by molar-refractivity contribution is 5.87. The molecule has 1 aliphatic heterocycles. The monoisotopic (exact) mass is 196 g/mol. The van der Waals surface area contributed by atoms with Gasteiger partial charge in [0.15, 0.2) is 0 Å². The number of likely N-dealkylation sites (N-methyl/N-ethyl adjacent to an activating group) is 1. The summed E-state index contributed by atoms with van der Waals surface area (Å²) >= 11 is 0. The van der Waals surface area contributed by atoms with Gasteiger partial charge in [0.2, 0.25) is 5.91 Å². The summed E-state index contributed by atoms with van der Waals surface area (Å²) in [5.41, 5.74) is 0. The molecule has 0 aromatic heterocycles. The molecule has 1 heterocycles. The molecular weight excluding hydrogens is 176 g/mol. The number of amides is 1. The van der Waals surface area contributed by atoms with Crippen LogP contribution in [-0.2, 0) is 4.79 Å². The molecular formula is C11H20N2O. The minimum atomic E-state index is 0.0706. The number of rotatable bonds is 3. The van der Waals surface area contributed by atoms with E-state index in [0.717, 1.165) is 19.4 Å². The Bertz CT molecular complexity index is 225. The minimum Gasteiger partial charge on any atom is -0.335 e. The van der Waals surface area contributed by atoms with E-state index in [1.54, 1.807) is 0 Å². The fourth-order valence-electron chi connectivity index (χ4n) is 2.32. The minimum absolute atomic E-state index is 0.0706. The Morgan fingerprint density at radius 3 is 2.71 bits per heavy atom. The van der Waals surface area contributed by atoms with Crippen LogP contribution in [0.1, 0.15) is 19.8 Å². The van der Waals surface area contributed by atoms with Gasteiger partial charge in [0.1, 0.15) is 0 Å². The third-order valence-electron chi connectivity index (χ3n) is 3.05. The maximum absolute atomic E-state index is 11.5. The smallest absolute Gasteiger partial charge is 0.246 e. The van der Waals surface area contributed by atoms with E-state index in [2.05, 4.69) is 32.5 Å². The highest BCUT2D eigenvalue weighted by Gasteiger charge is 2.35. The van der Waals surface area contributed by atoms with Crippen LogP contribution in [0.3, 0.4) is 0 Å². The summed E-state index contributed by atoms with van der Waals surface area (Å²) in [4.78, 5) is 15.7. The standard InChI is InChI=1S/C11H20N2O/c1-5-9-10(12(3)4)7-8-13(9)11(14)6-2/h6,9-10H,2,5,7-8H2,1,3-4H3. The lowest BCUT2D eigenvalue weighted by molar-refractivity contribution is -0.127. The van der Waals surface area contributed by atoms with Gasteiger partial charge in [-0.1, -0.05) is 13.5 Å². The molecule has 0 radical (unpaired) electrons. The lowest BCUT2D eigenvalue weighted by Crippen LogP contribution is -2.43. The molecule has 0 N–H and O–H groups in total. The molecule has 14 heavy (non-hydrogen) atoms. The topological polar surface area (TPSA) is 23.6 Å². The first kappa shape index (κ1) is 11.2. The summed E-state index contributed by atoms with van der Waals surface area (Å²) in [5, 5.41) is 0. The molecule has 3 heteroatoms. The average Bonchev–Trinajstić information content (AvgIpc) is 2.59. The molecule has 0 bridgehead atoms. The molecule has 2 atom stereocenters. The molecule has 80 valence electrons. The third kappa shape index (κ3) is 1.98. The van der Waals surface area contributed by atoms with E-state index in [-0.39, 0.29) is 5.91 Å². The number of hydrogen-bond donors (Lipinski definition) is 0. The summed E-state index contributed by atoms with van der Waals surface area (Å²) in [7, 11) is 4.16. The van der Waals surface area contributed by atoms with Gasteiger partial charge in [-0.3, -0.25) is 4.79 Å². The molecule has 1 aliphatic rings. The van der Waals surface area contributed by atoms with Gasteiger partial charge < -0.3 is 9.80 Å². The lowest BCUT2D eigenvalue weighted by atomic mass is 10.1. The van der Waals surface area contributed by atoms with Gasteiger partial charge in [0, 0.05) is 18.6 Å². The molecule has 3 nitrogen and oxygen atoms in total. The van der Waals surface area contributed by atoms with Gasteiger partial charge >= 0.3 is 0 Å². The number of likely N-dealkylation sites (tertiary alicyclic amines) is 1. The van der Waals surface area contributed by atoms with Crippen LogP contribution in [0.15, 0.2) is 12.7 Å². The summed E-state index contributed by atoms with van der Waals surface area (Å²) < 4.78 is 0. The van der Waals surface area contributed by atoms with Gasteiger partial charge in [-0.25, -0.2) is 0 Å². The molecule has 1 fully saturated rings. The van der Waals surface area contributed by atoms with E-state index in [9.17, 15) is 4.79 Å². The van der Waals surface area contributed by atoms with Crippen LogP contribution >= 0.6 is 0 Å². The first-order valence-electron chi connectivity index (χ1n) is 5.21. The van der Waals surface area contributed by atoms with E-state index in [0.29, 0.717) is 12.1 Å². The summed E-state index contributed by atoms with van der Waals surface area (Å²) in [5.74, 6) is 0.0706. The fraction of sp³-hybridized carbons (Fsp3) is 0.727. The highest BCUT2D eigenvalue weighted by atomic mass is 16.2. The van der Waals surface area contributed by atoms with Crippen molar-refractivity contribution in [3.05, 3.63) is 12.7 Å². The maximum Gasteiger partial charge on any atom is 0.246 e. The van der Waals surface area contributed by atoms with Crippen LogP contribution in [0.25, 0.3) is 0 Å². The predicted octanol–water partition coefficient (Wildman–Crippen LogP) is 1.11. The molecule has 0 aromatic rings. The second-order valence-electron chi connectivity index (χ2n) is 4.03. The van der Waals surface area contributed by atoms with Crippen molar-refractivity contribution in [3.8, 4) is 0 Å². The molecule has 1 rings (SSSR count). The molecule has 0 saturated carbocycles. The Morgan fingerprint density at radius 1 is 1.64 bits per heavy atom. The quantitative estimate of drug-likeness (QED) is 0.631. The highest BCUT2D eigenvalue weighted by Crippen LogP contribution is 2.23. The van der Waals surface area contributed by atoms with Gasteiger partial charge in [-0.05, 0) is 33.0 Å². The second-order valence-corrected chi connectivity index (χ2v) is 4.03. The summed E-state index contributed by atoms with van der Waals surface area (Å²) in [6.07, 6.45) is 3.51. The van der Waals surface area contributed by atoms with Crippen molar-refractivity contribution < 1.29 is 4.79 Å². The number of carbonyl (C=O) groups excluding carboxylic acids is 1. The van der Waals surface area contributed by atoms with Crippen molar-refractivity contribution in [1.82, 2.24) is 9.80 Å². The van der Waals surface area contributed by atoms with Crippen molar-refractivity contribution in [1.29, 1.82) is 0 Å². The van der Waals surface area contributed by atoms with E-state index in [4.69, 9.17) is 0 Å². The van der Waals surface area contributed by atoms with Crippen LogP contribution in [0.4, 0.5) is 0 Å². The zero-order valence-corrected chi connectivity index (χ0v) is 9.36. The Kier molecular flexibility index (Phi) is 3.69. The number of hydrogen-bond acceptors (Lipinski definition) is 2. The molecule has 1 saturated heterocycles. The van der Waals surface area contributed by atoms with Crippen LogP contribution in [0, 0.1) is 0 Å². The zero-order chi connectivity index (χ0) is 10.7. The van der Waals surface area contributed by atoms with E-state index >= 15 is 0 Å². The molecule has 0 aromatic carbocycles. The van der Waals surface area contributed by atoms with Crippen molar-refractivity contribution in [2.24, 2.45) is 0 Å². The molecule has 0 aliphatic carbocycles. The van der Waals surface area contributed by atoms with Crippen molar-refractivity contribution in [2.45, 2.75) is 31.8 Å². The van der Waals surface area contributed by atoms with Crippen LogP contribution < -0.4 is 0 Å².